The molecule has 0 unspecified atom stereocenters. The molecule has 6 heteroatoms. The molecule has 0 saturated carbocycles. The average molecular weight is 295 g/mol. The molecule has 0 spiro atoms. The Balaban J connectivity index is 1.97. The van der Waals surface area contributed by atoms with E-state index in [0.717, 1.165) is 25.1 Å². The van der Waals surface area contributed by atoms with Gasteiger partial charge in [-0.25, -0.2) is 0 Å². The van der Waals surface area contributed by atoms with E-state index in [1.165, 1.54) is 0 Å². The summed E-state index contributed by atoms with van der Waals surface area (Å²) >= 11 is 6.11. The first-order valence-electron chi connectivity index (χ1n) is 6.61. The zero-order valence-corrected chi connectivity index (χ0v) is 12.5. The minimum absolute atomic E-state index is 0.467. The molecule has 2 rings (SSSR count). The van der Waals surface area contributed by atoms with Crippen LogP contribution in [0.4, 0.5) is 0 Å². The topological polar surface area (TPSA) is 54.2 Å². The minimum Gasteiger partial charge on any atom is -0.334 e. The molecule has 0 saturated heterocycles. The molecule has 0 amide bonds. The van der Waals surface area contributed by atoms with E-state index in [9.17, 15) is 0 Å². The fourth-order valence-corrected chi connectivity index (χ4v) is 2.13. The Morgan fingerprint density at radius 2 is 2.15 bits per heavy atom. The lowest BCUT2D eigenvalue weighted by atomic mass is 10.2. The molecule has 0 radical (unpaired) electrons. The van der Waals surface area contributed by atoms with Crippen molar-refractivity contribution < 1.29 is 4.52 Å². The molecule has 2 aromatic rings. The molecule has 5 nitrogen and oxygen atoms in total. The minimum atomic E-state index is 0.467. The zero-order valence-electron chi connectivity index (χ0n) is 11.8. The maximum atomic E-state index is 6.11. The monoisotopic (exact) mass is 294 g/mol. The summed E-state index contributed by atoms with van der Waals surface area (Å²) in [4.78, 5) is 6.56. The summed E-state index contributed by atoms with van der Waals surface area (Å²) in [7, 11) is 4.00. The van der Waals surface area contributed by atoms with Crippen LogP contribution >= 0.6 is 11.6 Å². The van der Waals surface area contributed by atoms with E-state index in [1.807, 2.05) is 38.4 Å². The van der Waals surface area contributed by atoms with Gasteiger partial charge in [0.05, 0.1) is 17.1 Å². The van der Waals surface area contributed by atoms with Crippen molar-refractivity contribution in [2.75, 3.05) is 27.2 Å². The summed E-state index contributed by atoms with van der Waals surface area (Å²) in [6.45, 7) is 2.65. The highest BCUT2D eigenvalue weighted by Gasteiger charge is 2.12. The smallest absolute Gasteiger partial charge is 0.259 e. The van der Waals surface area contributed by atoms with Crippen molar-refractivity contribution in [1.29, 1.82) is 0 Å². The van der Waals surface area contributed by atoms with Crippen molar-refractivity contribution in [2.24, 2.45) is 0 Å². The quantitative estimate of drug-likeness (QED) is 0.795. The average Bonchev–Trinajstić information content (AvgIpc) is 2.88. The molecule has 0 bridgehead atoms. The number of nitrogens with zero attached hydrogens (tertiary/aromatic N) is 3. The zero-order chi connectivity index (χ0) is 14.4. The number of benzene rings is 1. The molecule has 1 aromatic carbocycles. The predicted molar refractivity (Wildman–Crippen MR) is 79.6 cm³/mol. The van der Waals surface area contributed by atoms with Gasteiger partial charge in [0.25, 0.3) is 5.89 Å². The van der Waals surface area contributed by atoms with E-state index < -0.39 is 0 Å². The summed E-state index contributed by atoms with van der Waals surface area (Å²) in [6, 6.07) is 7.45. The van der Waals surface area contributed by atoms with Crippen molar-refractivity contribution in [3.63, 3.8) is 0 Å². The molecule has 1 aromatic heterocycles. The van der Waals surface area contributed by atoms with E-state index in [1.54, 1.807) is 0 Å². The number of aromatic nitrogens is 2. The predicted octanol–water partition coefficient (Wildman–Crippen LogP) is 2.43. The Hall–Kier alpha value is -1.43. The Morgan fingerprint density at radius 3 is 2.90 bits per heavy atom. The van der Waals surface area contributed by atoms with Crippen molar-refractivity contribution in [2.45, 2.75) is 13.0 Å². The molecule has 0 aliphatic carbocycles. The van der Waals surface area contributed by atoms with E-state index in [2.05, 4.69) is 20.4 Å². The Bertz CT molecular complexity index is 543. The van der Waals surface area contributed by atoms with Crippen LogP contribution in [0, 0.1) is 0 Å². The molecule has 1 heterocycles. The Kier molecular flexibility index (Phi) is 5.52. The van der Waals surface area contributed by atoms with Crippen LogP contribution in [-0.4, -0.2) is 42.2 Å². The highest BCUT2D eigenvalue weighted by atomic mass is 35.5. The lowest BCUT2D eigenvalue weighted by Gasteiger charge is -2.13. The fraction of sp³-hybridized carbons (Fsp3) is 0.429. The maximum absolute atomic E-state index is 6.11. The summed E-state index contributed by atoms with van der Waals surface area (Å²) in [6.07, 6.45) is 1.09. The number of halogens is 1. The molecule has 0 aliphatic heterocycles. The standard InChI is InChI=1S/C14H19ClN4O/c1-16-8-5-9-19(2)10-13-17-14(20-18-13)11-6-3-4-7-12(11)15/h3-4,6-7,16H,5,8-10H2,1-2H3. The summed E-state index contributed by atoms with van der Waals surface area (Å²) in [5, 5.41) is 7.74. The van der Waals surface area contributed by atoms with Crippen molar-refractivity contribution in [3.05, 3.63) is 35.1 Å². The first kappa shape index (κ1) is 15.0. The summed E-state index contributed by atoms with van der Waals surface area (Å²) in [5.41, 5.74) is 0.769. The van der Waals surface area contributed by atoms with Crippen molar-refractivity contribution in [3.8, 4) is 11.5 Å². The molecule has 0 fully saturated rings. The third kappa shape index (κ3) is 4.03. The highest BCUT2D eigenvalue weighted by Crippen LogP contribution is 2.25. The van der Waals surface area contributed by atoms with E-state index >= 15 is 0 Å². The maximum Gasteiger partial charge on any atom is 0.259 e. The summed E-state index contributed by atoms with van der Waals surface area (Å²) < 4.78 is 5.27. The van der Waals surface area contributed by atoms with Gasteiger partial charge in [-0.05, 0) is 45.7 Å². The van der Waals surface area contributed by atoms with Crippen LogP contribution in [0.1, 0.15) is 12.2 Å². The fourth-order valence-electron chi connectivity index (χ4n) is 1.91. The van der Waals surface area contributed by atoms with Crippen LogP contribution in [0.2, 0.25) is 5.02 Å². The van der Waals surface area contributed by atoms with Gasteiger partial charge >= 0.3 is 0 Å². The van der Waals surface area contributed by atoms with E-state index in [0.29, 0.717) is 23.3 Å². The molecule has 0 aliphatic rings. The second-order valence-corrected chi connectivity index (χ2v) is 5.10. The molecule has 0 atom stereocenters. The highest BCUT2D eigenvalue weighted by molar-refractivity contribution is 6.33. The molecule has 20 heavy (non-hydrogen) atoms. The Morgan fingerprint density at radius 1 is 1.35 bits per heavy atom. The van der Waals surface area contributed by atoms with Gasteiger partial charge in [-0.15, -0.1) is 0 Å². The first-order chi connectivity index (χ1) is 9.70. The van der Waals surface area contributed by atoms with E-state index in [4.69, 9.17) is 16.1 Å². The molecule has 1 N–H and O–H groups in total. The van der Waals surface area contributed by atoms with Crippen LogP contribution in [0.3, 0.4) is 0 Å². The van der Waals surface area contributed by atoms with Gasteiger partial charge in [0.2, 0.25) is 0 Å². The van der Waals surface area contributed by atoms with Gasteiger partial charge in [0.1, 0.15) is 0 Å². The Labute approximate surface area is 123 Å². The largest absolute Gasteiger partial charge is 0.334 e. The lowest BCUT2D eigenvalue weighted by Crippen LogP contribution is -2.22. The SMILES string of the molecule is CNCCCN(C)Cc1noc(-c2ccccc2Cl)n1. The van der Waals surface area contributed by atoms with E-state index in [-0.39, 0.29) is 0 Å². The third-order valence-electron chi connectivity index (χ3n) is 2.95. The first-order valence-corrected chi connectivity index (χ1v) is 6.99. The number of hydrogen-bond acceptors (Lipinski definition) is 5. The number of hydrogen-bond donors (Lipinski definition) is 1. The molecular formula is C14H19ClN4O. The van der Waals surface area contributed by atoms with Gasteiger partial charge in [-0.3, -0.25) is 4.90 Å². The van der Waals surface area contributed by atoms with Crippen LogP contribution in [0.15, 0.2) is 28.8 Å². The molecule has 108 valence electrons. The van der Waals surface area contributed by atoms with Crippen LogP contribution in [0.25, 0.3) is 11.5 Å². The van der Waals surface area contributed by atoms with Crippen LogP contribution < -0.4 is 5.32 Å². The van der Waals surface area contributed by atoms with Crippen molar-refractivity contribution in [1.82, 2.24) is 20.4 Å². The molecular weight excluding hydrogens is 276 g/mol. The second kappa shape index (κ2) is 7.38. The van der Waals surface area contributed by atoms with Gasteiger partial charge in [0, 0.05) is 0 Å². The second-order valence-electron chi connectivity index (χ2n) is 4.69. The third-order valence-corrected chi connectivity index (χ3v) is 3.28. The number of rotatable bonds is 7. The van der Waals surface area contributed by atoms with Crippen molar-refractivity contribution >= 4 is 11.6 Å². The van der Waals surface area contributed by atoms with Gasteiger partial charge in [-0.2, -0.15) is 4.98 Å². The summed E-state index contributed by atoms with van der Waals surface area (Å²) in [5.74, 6) is 1.14. The normalized spacial score (nSPS) is 11.2. The van der Waals surface area contributed by atoms with Crippen LogP contribution in [0.5, 0.6) is 0 Å². The van der Waals surface area contributed by atoms with Gasteiger partial charge in [-0.1, -0.05) is 28.9 Å². The lowest BCUT2D eigenvalue weighted by molar-refractivity contribution is 0.305. The van der Waals surface area contributed by atoms with Gasteiger partial charge in [0.15, 0.2) is 5.82 Å². The van der Waals surface area contributed by atoms with Crippen LogP contribution in [-0.2, 0) is 6.54 Å². The number of nitrogens with one attached hydrogen (secondary N) is 1. The van der Waals surface area contributed by atoms with Gasteiger partial charge < -0.3 is 9.84 Å².